The van der Waals surface area contributed by atoms with Gasteiger partial charge in [-0.3, -0.25) is 4.79 Å². The van der Waals surface area contributed by atoms with Gasteiger partial charge >= 0.3 is 5.97 Å². The van der Waals surface area contributed by atoms with Crippen LogP contribution in [0.15, 0.2) is 18.2 Å². The molecule has 3 nitrogen and oxygen atoms in total. The molecule has 17 heavy (non-hydrogen) atoms. The zero-order valence-corrected chi connectivity index (χ0v) is 9.08. The van der Waals surface area contributed by atoms with Crippen LogP contribution in [0.4, 0.5) is 8.78 Å². The fraction of sp³-hybridized carbons (Fsp3) is 0.417. The number of rotatable bonds is 4. The number of carboxylic acid groups (broad SMARTS) is 1. The average molecular weight is 242 g/mol. The first kappa shape index (κ1) is 12.0. The topological polar surface area (TPSA) is 46.5 Å². The van der Waals surface area contributed by atoms with Gasteiger partial charge in [-0.15, -0.1) is 0 Å². The maximum absolute atomic E-state index is 13.6. The van der Waals surface area contributed by atoms with Gasteiger partial charge in [0.15, 0.2) is 0 Å². The smallest absolute Gasteiger partial charge is 0.303 e. The number of aliphatic carboxylic acids is 1. The predicted octanol–water partition coefficient (Wildman–Crippen LogP) is 2.10. The van der Waals surface area contributed by atoms with Crippen molar-refractivity contribution in [3.63, 3.8) is 0 Å². The van der Waals surface area contributed by atoms with Gasteiger partial charge in [0.1, 0.15) is 11.6 Å². The number of hydrogen-bond acceptors (Lipinski definition) is 2. The average Bonchev–Trinajstić information content (AvgIpc) is 2.18. The molecule has 0 saturated carbocycles. The molecular weight excluding hydrogens is 230 g/mol. The molecule has 5 heteroatoms. The van der Waals surface area contributed by atoms with Crippen LogP contribution < -0.4 is 0 Å². The quantitative estimate of drug-likeness (QED) is 0.879. The molecule has 0 bridgehead atoms. The van der Waals surface area contributed by atoms with Crippen molar-refractivity contribution in [1.29, 1.82) is 0 Å². The van der Waals surface area contributed by atoms with Crippen LogP contribution in [-0.2, 0) is 14.9 Å². The van der Waals surface area contributed by atoms with Gasteiger partial charge in [0.25, 0.3) is 0 Å². The van der Waals surface area contributed by atoms with E-state index in [0.29, 0.717) is 12.0 Å². The highest BCUT2D eigenvalue weighted by atomic mass is 19.1. The minimum Gasteiger partial charge on any atom is -0.481 e. The Kier molecular flexibility index (Phi) is 3.11. The lowest BCUT2D eigenvalue weighted by Gasteiger charge is -2.42. The van der Waals surface area contributed by atoms with E-state index >= 15 is 0 Å². The van der Waals surface area contributed by atoms with Gasteiger partial charge in [-0.1, -0.05) is 6.07 Å². The Balaban J connectivity index is 2.25. The number of ether oxygens (including phenoxy) is 1. The second kappa shape index (κ2) is 4.41. The Hall–Kier alpha value is -1.49. The molecular formula is C12H12F2O3. The molecule has 1 aliphatic rings. The van der Waals surface area contributed by atoms with Crippen molar-refractivity contribution in [2.75, 3.05) is 13.2 Å². The molecule has 1 aromatic carbocycles. The van der Waals surface area contributed by atoms with Crippen molar-refractivity contribution in [2.24, 2.45) is 0 Å². The number of carboxylic acids is 1. The van der Waals surface area contributed by atoms with Crippen LogP contribution in [0, 0.1) is 11.6 Å². The van der Waals surface area contributed by atoms with E-state index in [4.69, 9.17) is 9.84 Å². The molecule has 0 atom stereocenters. The highest BCUT2D eigenvalue weighted by Crippen LogP contribution is 2.38. The molecule has 0 unspecified atom stereocenters. The molecule has 1 aliphatic heterocycles. The van der Waals surface area contributed by atoms with Crippen molar-refractivity contribution in [3.05, 3.63) is 35.4 Å². The minimum absolute atomic E-state index is 0.0554. The molecule has 0 radical (unpaired) electrons. The Labute approximate surface area is 97.0 Å². The molecule has 2 rings (SSSR count). The highest BCUT2D eigenvalue weighted by Gasteiger charge is 2.42. The summed E-state index contributed by atoms with van der Waals surface area (Å²) in [6.45, 7) is 0.561. The molecule has 92 valence electrons. The van der Waals surface area contributed by atoms with Crippen LogP contribution in [0.2, 0.25) is 0 Å². The van der Waals surface area contributed by atoms with Gasteiger partial charge in [0, 0.05) is 17.9 Å². The van der Waals surface area contributed by atoms with Crippen molar-refractivity contribution < 1.29 is 23.4 Å². The SMILES string of the molecule is O=C(O)CCC1(c2ccc(F)cc2F)COC1. The zero-order chi connectivity index (χ0) is 12.5. The minimum atomic E-state index is -0.932. The van der Waals surface area contributed by atoms with Crippen LogP contribution >= 0.6 is 0 Å². The lowest BCUT2D eigenvalue weighted by Crippen LogP contribution is -2.47. The van der Waals surface area contributed by atoms with Gasteiger partial charge < -0.3 is 9.84 Å². The Morgan fingerprint density at radius 3 is 2.59 bits per heavy atom. The highest BCUT2D eigenvalue weighted by molar-refractivity contribution is 5.67. The van der Waals surface area contributed by atoms with Crippen molar-refractivity contribution >= 4 is 5.97 Å². The van der Waals surface area contributed by atoms with Crippen molar-refractivity contribution in [3.8, 4) is 0 Å². The fourth-order valence-corrected chi connectivity index (χ4v) is 2.05. The lowest BCUT2D eigenvalue weighted by atomic mass is 9.75. The molecule has 1 fully saturated rings. The third-order valence-corrected chi connectivity index (χ3v) is 3.08. The summed E-state index contributed by atoms with van der Waals surface area (Å²) in [6.07, 6.45) is 0.241. The zero-order valence-electron chi connectivity index (χ0n) is 9.08. The first-order valence-corrected chi connectivity index (χ1v) is 5.29. The third-order valence-electron chi connectivity index (χ3n) is 3.08. The maximum Gasteiger partial charge on any atom is 0.303 e. The Morgan fingerprint density at radius 1 is 1.41 bits per heavy atom. The molecule has 1 N–H and O–H groups in total. The molecule has 0 aliphatic carbocycles. The summed E-state index contributed by atoms with van der Waals surface area (Å²) < 4.78 is 31.5. The maximum atomic E-state index is 13.6. The normalized spacial score (nSPS) is 17.5. The summed E-state index contributed by atoms with van der Waals surface area (Å²) in [7, 11) is 0. The van der Waals surface area contributed by atoms with Gasteiger partial charge in [-0.2, -0.15) is 0 Å². The fourth-order valence-electron chi connectivity index (χ4n) is 2.05. The third kappa shape index (κ3) is 2.29. The monoisotopic (exact) mass is 242 g/mol. The lowest BCUT2D eigenvalue weighted by molar-refractivity contribution is -0.139. The second-order valence-electron chi connectivity index (χ2n) is 4.29. The van der Waals surface area contributed by atoms with Crippen LogP contribution in [0.25, 0.3) is 0 Å². The van der Waals surface area contributed by atoms with E-state index in [1.54, 1.807) is 0 Å². The van der Waals surface area contributed by atoms with Gasteiger partial charge in [-0.05, 0) is 18.1 Å². The van der Waals surface area contributed by atoms with Crippen molar-refractivity contribution in [1.82, 2.24) is 0 Å². The van der Waals surface area contributed by atoms with Crippen LogP contribution in [0.3, 0.4) is 0 Å². The summed E-state index contributed by atoms with van der Waals surface area (Å²) >= 11 is 0. The summed E-state index contributed by atoms with van der Waals surface area (Å²) in [5.74, 6) is -2.21. The van der Waals surface area contributed by atoms with Crippen molar-refractivity contribution in [2.45, 2.75) is 18.3 Å². The Bertz CT molecular complexity index is 441. The van der Waals surface area contributed by atoms with E-state index in [0.717, 1.165) is 6.07 Å². The van der Waals surface area contributed by atoms with Crippen LogP contribution in [-0.4, -0.2) is 24.3 Å². The van der Waals surface area contributed by atoms with Gasteiger partial charge in [0.05, 0.1) is 13.2 Å². The van der Waals surface area contributed by atoms with E-state index < -0.39 is 23.0 Å². The number of benzene rings is 1. The molecule has 0 spiro atoms. The number of hydrogen-bond donors (Lipinski definition) is 1. The summed E-state index contributed by atoms with van der Waals surface area (Å²) in [6, 6.07) is 3.37. The first-order valence-electron chi connectivity index (χ1n) is 5.29. The van der Waals surface area contributed by atoms with Gasteiger partial charge in [0.2, 0.25) is 0 Å². The number of halogens is 2. The predicted molar refractivity (Wildman–Crippen MR) is 55.7 cm³/mol. The Morgan fingerprint density at radius 2 is 2.12 bits per heavy atom. The van der Waals surface area contributed by atoms with E-state index in [2.05, 4.69) is 0 Å². The summed E-state index contributed by atoms with van der Waals surface area (Å²) in [4.78, 5) is 10.6. The van der Waals surface area contributed by atoms with E-state index in [9.17, 15) is 13.6 Å². The molecule has 0 aromatic heterocycles. The summed E-state index contributed by atoms with van der Waals surface area (Å²) in [5, 5.41) is 8.66. The molecule has 1 aromatic rings. The van der Waals surface area contributed by atoms with E-state index in [-0.39, 0.29) is 19.6 Å². The van der Waals surface area contributed by atoms with E-state index in [1.165, 1.54) is 12.1 Å². The standard InChI is InChI=1S/C12H12F2O3/c13-8-1-2-9(10(14)5-8)12(6-17-7-12)4-3-11(15)16/h1-2,5H,3-4,6-7H2,(H,15,16). The van der Waals surface area contributed by atoms with Crippen LogP contribution in [0.5, 0.6) is 0 Å². The molecule has 1 heterocycles. The molecule has 0 amide bonds. The molecule has 1 saturated heterocycles. The van der Waals surface area contributed by atoms with Gasteiger partial charge in [-0.25, -0.2) is 8.78 Å². The van der Waals surface area contributed by atoms with Crippen LogP contribution in [0.1, 0.15) is 18.4 Å². The second-order valence-corrected chi connectivity index (χ2v) is 4.29. The summed E-state index contributed by atoms with van der Waals surface area (Å²) in [5.41, 5.74) is -0.276. The van der Waals surface area contributed by atoms with E-state index in [1.807, 2.05) is 0 Å². The number of carbonyl (C=O) groups is 1. The largest absolute Gasteiger partial charge is 0.481 e. The first-order chi connectivity index (χ1) is 8.03.